The van der Waals surface area contributed by atoms with Crippen molar-refractivity contribution in [1.82, 2.24) is 5.32 Å². The van der Waals surface area contributed by atoms with Crippen LogP contribution in [0.25, 0.3) is 0 Å². The quantitative estimate of drug-likeness (QED) is 0.590. The lowest BCUT2D eigenvalue weighted by atomic mass is 10.1. The Morgan fingerprint density at radius 1 is 1.38 bits per heavy atom. The summed E-state index contributed by atoms with van der Waals surface area (Å²) in [5, 5.41) is 2.95. The van der Waals surface area contributed by atoms with Crippen LogP contribution in [0, 0.1) is 13.0 Å². The third kappa shape index (κ3) is 4.13. The Hall–Kier alpha value is -0.0400. The fourth-order valence-corrected chi connectivity index (χ4v) is 0.790. The molecule has 1 radical (unpaired) electrons. The maximum Gasteiger partial charge on any atom is 0.00793 e. The summed E-state index contributed by atoms with van der Waals surface area (Å²) >= 11 is 0. The van der Waals surface area contributed by atoms with E-state index in [0.717, 1.165) is 5.92 Å². The first-order valence-corrected chi connectivity index (χ1v) is 3.19. The van der Waals surface area contributed by atoms with Gasteiger partial charge in [-0.05, 0) is 19.3 Å². The zero-order chi connectivity index (χ0) is 6.57. The monoisotopic (exact) mass is 114 g/mol. The van der Waals surface area contributed by atoms with Gasteiger partial charge in [0.25, 0.3) is 0 Å². The Kier molecular flexibility index (Phi) is 3.88. The van der Waals surface area contributed by atoms with E-state index in [1.165, 1.54) is 6.42 Å². The molecule has 0 amide bonds. The molecular formula is C7H16N. The lowest BCUT2D eigenvalue weighted by molar-refractivity contribution is 0.479. The summed E-state index contributed by atoms with van der Waals surface area (Å²) in [6.45, 7) is 6.58. The molecule has 0 aliphatic rings. The van der Waals surface area contributed by atoms with Crippen LogP contribution in [0.1, 0.15) is 27.2 Å². The van der Waals surface area contributed by atoms with Crippen molar-refractivity contribution >= 4 is 0 Å². The minimum atomic E-state index is 0.565. The van der Waals surface area contributed by atoms with Crippen LogP contribution in [-0.4, -0.2) is 6.04 Å². The van der Waals surface area contributed by atoms with E-state index >= 15 is 0 Å². The van der Waals surface area contributed by atoms with E-state index in [1.54, 1.807) is 0 Å². The summed E-state index contributed by atoms with van der Waals surface area (Å²) in [6, 6.07) is 0.565. The molecule has 0 aromatic carbocycles. The van der Waals surface area contributed by atoms with Gasteiger partial charge in [-0.15, -0.1) is 0 Å². The molecule has 8 heavy (non-hydrogen) atoms. The zero-order valence-corrected chi connectivity index (χ0v) is 6.07. The Balaban J connectivity index is 3.10. The smallest absolute Gasteiger partial charge is 0.00793 e. The second-order valence-electron chi connectivity index (χ2n) is 2.73. The summed E-state index contributed by atoms with van der Waals surface area (Å²) in [5.41, 5.74) is 0. The summed E-state index contributed by atoms with van der Waals surface area (Å²) in [4.78, 5) is 0. The van der Waals surface area contributed by atoms with Crippen molar-refractivity contribution < 1.29 is 0 Å². The maximum absolute atomic E-state index is 3.59. The maximum atomic E-state index is 3.59. The molecule has 0 spiro atoms. The van der Waals surface area contributed by atoms with Gasteiger partial charge in [0.15, 0.2) is 0 Å². The number of nitrogens with one attached hydrogen (secondary N) is 1. The number of rotatable bonds is 3. The molecule has 0 aliphatic heterocycles. The summed E-state index contributed by atoms with van der Waals surface area (Å²) < 4.78 is 0. The molecule has 0 bridgehead atoms. The third-order valence-electron chi connectivity index (χ3n) is 1.17. The van der Waals surface area contributed by atoms with E-state index in [0.29, 0.717) is 6.04 Å². The van der Waals surface area contributed by atoms with Gasteiger partial charge in [0.05, 0.1) is 0 Å². The van der Waals surface area contributed by atoms with Gasteiger partial charge in [0.2, 0.25) is 0 Å². The first-order valence-electron chi connectivity index (χ1n) is 3.19. The van der Waals surface area contributed by atoms with Gasteiger partial charge in [-0.2, -0.15) is 0 Å². The minimum absolute atomic E-state index is 0.565. The molecule has 0 fully saturated rings. The molecule has 1 atom stereocenters. The summed E-state index contributed by atoms with van der Waals surface area (Å²) in [7, 11) is 3.59. The van der Waals surface area contributed by atoms with Gasteiger partial charge in [-0.3, -0.25) is 0 Å². The van der Waals surface area contributed by atoms with E-state index < -0.39 is 0 Å². The largest absolute Gasteiger partial charge is 0.313 e. The molecule has 0 saturated heterocycles. The fraction of sp³-hybridized carbons (Fsp3) is 0.857. The van der Waals surface area contributed by atoms with Crippen molar-refractivity contribution in [3.8, 4) is 0 Å². The molecule has 0 saturated carbocycles. The van der Waals surface area contributed by atoms with Gasteiger partial charge in [0.1, 0.15) is 0 Å². The summed E-state index contributed by atoms with van der Waals surface area (Å²) in [5.74, 6) is 0.777. The Morgan fingerprint density at radius 3 is 2.00 bits per heavy atom. The van der Waals surface area contributed by atoms with Crippen LogP contribution < -0.4 is 5.32 Å². The van der Waals surface area contributed by atoms with Crippen molar-refractivity contribution in [2.45, 2.75) is 33.2 Å². The highest BCUT2D eigenvalue weighted by molar-refractivity contribution is 4.60. The van der Waals surface area contributed by atoms with Crippen LogP contribution >= 0.6 is 0 Å². The summed E-state index contributed by atoms with van der Waals surface area (Å²) in [6.07, 6.45) is 1.21. The molecule has 0 heterocycles. The van der Waals surface area contributed by atoms with E-state index in [4.69, 9.17) is 0 Å². The predicted octanol–water partition coefficient (Wildman–Crippen LogP) is 1.80. The van der Waals surface area contributed by atoms with Gasteiger partial charge in [-0.25, -0.2) is 0 Å². The molecule has 1 heteroatoms. The van der Waals surface area contributed by atoms with Crippen LogP contribution in [0.3, 0.4) is 0 Å². The highest BCUT2D eigenvalue weighted by atomic mass is 14.8. The Labute approximate surface area is 52.5 Å². The first kappa shape index (κ1) is 7.96. The third-order valence-corrected chi connectivity index (χ3v) is 1.17. The fourth-order valence-electron chi connectivity index (χ4n) is 0.790. The predicted molar refractivity (Wildman–Crippen MR) is 37.4 cm³/mol. The van der Waals surface area contributed by atoms with Crippen LogP contribution in [0.2, 0.25) is 0 Å². The van der Waals surface area contributed by atoms with E-state index in [-0.39, 0.29) is 0 Å². The van der Waals surface area contributed by atoms with E-state index in [9.17, 15) is 0 Å². The highest BCUT2D eigenvalue weighted by Crippen LogP contribution is 2.02. The Morgan fingerprint density at radius 2 is 1.88 bits per heavy atom. The lowest BCUT2D eigenvalue weighted by Gasteiger charge is -2.11. The standard InChI is InChI=1S/C7H16N/c1-6(2)5-7(3)8-4/h6-8H,4-5H2,1-3H3. The lowest BCUT2D eigenvalue weighted by Crippen LogP contribution is -2.20. The van der Waals surface area contributed by atoms with E-state index in [1.807, 2.05) is 0 Å². The van der Waals surface area contributed by atoms with Crippen molar-refractivity contribution in [3.63, 3.8) is 0 Å². The topological polar surface area (TPSA) is 12.0 Å². The normalized spacial score (nSPS) is 14.6. The Bertz CT molecular complexity index is 50.3. The second-order valence-corrected chi connectivity index (χ2v) is 2.73. The van der Waals surface area contributed by atoms with Crippen LogP contribution in [-0.2, 0) is 0 Å². The molecule has 1 unspecified atom stereocenters. The molecule has 0 aliphatic carbocycles. The number of hydrogen-bond acceptors (Lipinski definition) is 1. The van der Waals surface area contributed by atoms with Crippen LogP contribution in [0.5, 0.6) is 0 Å². The zero-order valence-electron chi connectivity index (χ0n) is 6.07. The van der Waals surface area contributed by atoms with Gasteiger partial charge < -0.3 is 5.32 Å². The van der Waals surface area contributed by atoms with Crippen LogP contribution in [0.4, 0.5) is 0 Å². The highest BCUT2D eigenvalue weighted by Gasteiger charge is 1.99. The SMILES string of the molecule is [CH2]NC(C)CC(C)C. The van der Waals surface area contributed by atoms with Crippen LogP contribution in [0.15, 0.2) is 0 Å². The molecule has 0 rings (SSSR count). The first-order chi connectivity index (χ1) is 3.66. The molecule has 1 nitrogen and oxygen atoms in total. The molecule has 0 aromatic rings. The molecule has 49 valence electrons. The second kappa shape index (κ2) is 3.90. The van der Waals surface area contributed by atoms with Crippen molar-refractivity contribution in [3.05, 3.63) is 7.05 Å². The van der Waals surface area contributed by atoms with Gasteiger partial charge in [0, 0.05) is 13.1 Å². The van der Waals surface area contributed by atoms with Crippen molar-refractivity contribution in [2.24, 2.45) is 5.92 Å². The van der Waals surface area contributed by atoms with Gasteiger partial charge >= 0.3 is 0 Å². The molecular weight excluding hydrogens is 98.1 g/mol. The molecule has 1 N–H and O–H groups in total. The van der Waals surface area contributed by atoms with E-state index in [2.05, 4.69) is 33.1 Å². The van der Waals surface area contributed by atoms with Gasteiger partial charge in [-0.1, -0.05) is 13.8 Å². The van der Waals surface area contributed by atoms with Crippen molar-refractivity contribution in [2.75, 3.05) is 0 Å². The molecule has 0 aromatic heterocycles. The van der Waals surface area contributed by atoms with Crippen molar-refractivity contribution in [1.29, 1.82) is 0 Å². The minimum Gasteiger partial charge on any atom is -0.313 e. The average Bonchev–Trinajstić information content (AvgIpc) is 1.65. The average molecular weight is 114 g/mol. The number of hydrogen-bond donors (Lipinski definition) is 1.